The van der Waals surface area contributed by atoms with Crippen molar-refractivity contribution < 1.29 is 44.4 Å². The number of ketones is 3. The number of carbonyl (C=O) groups is 5. The van der Waals surface area contributed by atoms with Crippen molar-refractivity contribution in [3.8, 4) is 5.75 Å². The Morgan fingerprint density at radius 2 is 1.68 bits per heavy atom. The molecular weight excluding hydrogens is 486 g/mol. The summed E-state index contributed by atoms with van der Waals surface area (Å²) in [7, 11) is 5.83. The molecule has 37 heavy (non-hydrogen) atoms. The number of aromatic hydroxyl groups is 1. The molecule has 0 spiro atoms. The van der Waals surface area contributed by atoms with Gasteiger partial charge in [-0.3, -0.25) is 28.9 Å². The van der Waals surface area contributed by atoms with Crippen molar-refractivity contribution >= 4 is 29.2 Å². The summed E-state index contributed by atoms with van der Waals surface area (Å²) in [6.07, 6.45) is -0.221. The monoisotopic (exact) mass is 513 g/mol. The molecule has 0 heterocycles. The lowest BCUT2D eigenvalue weighted by Gasteiger charge is -2.50. The molecule has 0 fully saturated rings. The Bertz CT molecular complexity index is 1360. The average Bonchev–Trinajstić information content (AvgIpc) is 2.80. The summed E-state index contributed by atoms with van der Waals surface area (Å²) in [5.41, 5.74) is 0.966. The van der Waals surface area contributed by atoms with E-state index >= 15 is 0 Å². The van der Waals surface area contributed by atoms with Gasteiger partial charge in [-0.15, -0.1) is 0 Å². The minimum Gasteiger partial charge on any atom is -0.510 e. The maximum atomic E-state index is 13.6. The number of nitrogens with two attached hydrogens (primary N) is 1. The van der Waals surface area contributed by atoms with Crippen molar-refractivity contribution in [1.82, 2.24) is 9.80 Å². The van der Waals surface area contributed by atoms with Crippen molar-refractivity contribution in [1.29, 1.82) is 0 Å². The zero-order chi connectivity index (χ0) is 27.7. The number of phenols is 1. The van der Waals surface area contributed by atoms with Crippen molar-refractivity contribution in [2.45, 2.75) is 24.5 Å². The fourth-order valence-corrected chi connectivity index (χ4v) is 5.78. The number of allylic oxidation sites excluding steroid dienone is 1. The van der Waals surface area contributed by atoms with E-state index in [4.69, 9.17) is 5.73 Å². The Hall–Kier alpha value is -4.03. The van der Waals surface area contributed by atoms with Crippen LogP contribution >= 0.6 is 0 Å². The quantitative estimate of drug-likeness (QED) is 0.197. The molecule has 12 nitrogen and oxygen atoms in total. The predicted molar refractivity (Wildman–Crippen MR) is 127 cm³/mol. The predicted octanol–water partition coefficient (Wildman–Crippen LogP) is -0.608. The molecule has 4 rings (SSSR count). The number of fused-ring (bicyclic) bond motifs is 3. The van der Waals surface area contributed by atoms with Gasteiger partial charge < -0.3 is 31.1 Å². The van der Waals surface area contributed by atoms with Crippen LogP contribution in [0.25, 0.3) is 0 Å². The number of phenolic OH excluding ortho intramolecular Hbond substituents is 1. The maximum Gasteiger partial charge on any atom is 0.294 e. The van der Waals surface area contributed by atoms with Crippen LogP contribution in [-0.4, -0.2) is 99.2 Å². The molecule has 0 aromatic heterocycles. The summed E-state index contributed by atoms with van der Waals surface area (Å²) in [6.45, 7) is 0. The first-order chi connectivity index (χ1) is 17.2. The van der Waals surface area contributed by atoms with Crippen LogP contribution in [0, 0.1) is 11.8 Å². The molecule has 3 aliphatic carbocycles. The van der Waals surface area contributed by atoms with Crippen LogP contribution in [0.4, 0.5) is 0 Å². The zero-order valence-corrected chi connectivity index (χ0v) is 20.6. The summed E-state index contributed by atoms with van der Waals surface area (Å²) in [5, 5.41) is 44.1. The van der Waals surface area contributed by atoms with E-state index in [0.29, 0.717) is 0 Å². The molecular formula is C25H27N3O9. The lowest BCUT2D eigenvalue weighted by Crippen LogP contribution is -2.63. The molecule has 0 bridgehead atoms. The number of aliphatic hydroxyl groups is 3. The van der Waals surface area contributed by atoms with Gasteiger partial charge in [-0.05, 0) is 50.6 Å². The van der Waals surface area contributed by atoms with Gasteiger partial charge >= 0.3 is 0 Å². The molecule has 4 atom stereocenters. The van der Waals surface area contributed by atoms with Gasteiger partial charge in [-0.2, -0.15) is 0 Å². The minimum absolute atomic E-state index is 0.0925. The van der Waals surface area contributed by atoms with E-state index in [1.54, 1.807) is 0 Å². The third-order valence-corrected chi connectivity index (χ3v) is 7.45. The first-order valence-electron chi connectivity index (χ1n) is 11.4. The number of likely N-dealkylation sites (N-methyl/N-ethyl adjacent to an activating group) is 2. The fraction of sp³-hybridized carbons (Fsp3) is 0.400. The van der Waals surface area contributed by atoms with Gasteiger partial charge in [-0.25, -0.2) is 0 Å². The van der Waals surface area contributed by atoms with Gasteiger partial charge in [0.2, 0.25) is 5.78 Å². The number of benzene rings is 1. The lowest BCUT2D eigenvalue weighted by molar-refractivity contribution is -0.148. The first kappa shape index (κ1) is 26.0. The van der Waals surface area contributed by atoms with Crippen molar-refractivity contribution in [2.24, 2.45) is 17.6 Å². The summed E-state index contributed by atoms with van der Waals surface area (Å²) in [6, 6.07) is 1.18. The van der Waals surface area contributed by atoms with Crippen LogP contribution in [-0.2, 0) is 20.8 Å². The van der Waals surface area contributed by atoms with Gasteiger partial charge in [0, 0.05) is 31.1 Å². The van der Waals surface area contributed by atoms with E-state index in [0.717, 1.165) is 11.0 Å². The number of nitrogens with zero attached hydrogens (tertiary/aromatic N) is 2. The van der Waals surface area contributed by atoms with Crippen molar-refractivity contribution in [3.63, 3.8) is 0 Å². The van der Waals surface area contributed by atoms with Crippen molar-refractivity contribution in [2.75, 3.05) is 28.2 Å². The summed E-state index contributed by atoms with van der Waals surface area (Å²) in [5.74, 6) is -9.58. The summed E-state index contributed by atoms with van der Waals surface area (Å²) >= 11 is 0. The largest absolute Gasteiger partial charge is 0.510 e. The highest BCUT2D eigenvalue weighted by Gasteiger charge is 2.63. The van der Waals surface area contributed by atoms with Gasteiger partial charge in [0.1, 0.15) is 22.8 Å². The number of hydrogen-bond acceptors (Lipinski definition) is 10. The molecule has 2 amide bonds. The van der Waals surface area contributed by atoms with Gasteiger partial charge in [0.05, 0.1) is 11.6 Å². The maximum absolute atomic E-state index is 13.6. The van der Waals surface area contributed by atoms with E-state index < -0.39 is 75.5 Å². The van der Waals surface area contributed by atoms with Crippen LogP contribution in [0.2, 0.25) is 0 Å². The van der Waals surface area contributed by atoms with E-state index in [-0.39, 0.29) is 35.1 Å². The summed E-state index contributed by atoms with van der Waals surface area (Å²) < 4.78 is 0. The van der Waals surface area contributed by atoms with Crippen LogP contribution in [0.1, 0.15) is 32.7 Å². The number of rotatable bonds is 4. The number of amides is 2. The molecule has 0 aliphatic heterocycles. The first-order valence-corrected chi connectivity index (χ1v) is 11.4. The zero-order valence-electron chi connectivity index (χ0n) is 20.6. The van der Waals surface area contributed by atoms with E-state index in [2.05, 4.69) is 0 Å². The highest BCUT2D eigenvalue weighted by Crippen LogP contribution is 2.52. The van der Waals surface area contributed by atoms with Crippen LogP contribution in [0.15, 0.2) is 34.8 Å². The topological polar surface area (TPSA) is 199 Å². The Morgan fingerprint density at radius 3 is 2.22 bits per heavy atom. The van der Waals surface area contributed by atoms with Crippen molar-refractivity contribution in [3.05, 3.63) is 51.5 Å². The van der Waals surface area contributed by atoms with E-state index in [1.165, 1.54) is 39.2 Å². The molecule has 1 aromatic rings. The molecule has 12 heteroatoms. The molecule has 0 saturated heterocycles. The molecule has 1 aromatic carbocycles. The number of carbonyl (C=O) groups excluding carboxylic acids is 5. The van der Waals surface area contributed by atoms with Gasteiger partial charge in [0.25, 0.3) is 17.6 Å². The van der Waals surface area contributed by atoms with E-state index in [1.807, 2.05) is 0 Å². The Morgan fingerprint density at radius 1 is 1.05 bits per heavy atom. The third kappa shape index (κ3) is 3.47. The van der Waals surface area contributed by atoms with Gasteiger partial charge in [0.15, 0.2) is 11.4 Å². The molecule has 0 saturated carbocycles. The standard InChI is InChI=1S/C25H27N3O9/c1-27(2)17-12-8-9-7-11-10(18(30)24(36)28(3)4)5-6-13(29)15(11)19(31)14(9)21(33)25(12,37)22(34)16(20(17)32)23(26)35/h5-6,9,12,17,29,32-33,37H,7-8H2,1-4H3,(H2,26,35)/t9-,12+,17?,25-/m0/s1. The second-order valence-electron chi connectivity index (χ2n) is 9.98. The molecule has 196 valence electrons. The SMILES string of the molecule is CN(C)C(=O)C(=O)c1ccc(O)c2c1C[C@H]1C[C@@H]3C(N(C)C)C(O)=C(C(N)=O)C(=O)[C@@]3(O)C(O)=C1C2=O. The Balaban J connectivity index is 1.95. The number of aliphatic hydroxyl groups excluding tert-OH is 2. The molecule has 6 N–H and O–H groups in total. The lowest BCUT2D eigenvalue weighted by atomic mass is 9.58. The highest BCUT2D eigenvalue weighted by atomic mass is 16.3. The smallest absolute Gasteiger partial charge is 0.294 e. The Labute approximate surface area is 211 Å². The molecule has 1 unspecified atom stereocenters. The van der Waals surface area contributed by atoms with Crippen LogP contribution < -0.4 is 5.73 Å². The normalized spacial score (nSPS) is 27.0. The highest BCUT2D eigenvalue weighted by molar-refractivity contribution is 6.43. The van der Waals surface area contributed by atoms with Crippen LogP contribution in [0.5, 0.6) is 5.75 Å². The van der Waals surface area contributed by atoms with Crippen LogP contribution in [0.3, 0.4) is 0 Å². The molecule has 3 aliphatic rings. The van der Waals surface area contributed by atoms with Gasteiger partial charge in [-0.1, -0.05) is 0 Å². The number of hydrogen-bond donors (Lipinski definition) is 5. The second-order valence-corrected chi connectivity index (χ2v) is 9.98. The number of primary amides is 1. The number of Topliss-reactive ketones (excluding diaryl/α,β-unsaturated/α-hetero) is 3. The third-order valence-electron chi connectivity index (χ3n) is 7.45. The van der Waals surface area contributed by atoms with E-state index in [9.17, 15) is 44.4 Å². The molecule has 0 radical (unpaired) electrons. The Kier molecular flexibility index (Phi) is 6.00. The minimum atomic E-state index is -2.76. The fourth-order valence-electron chi connectivity index (χ4n) is 5.78. The summed E-state index contributed by atoms with van der Waals surface area (Å²) in [4.78, 5) is 66.7. The second kappa shape index (κ2) is 8.53. The average molecular weight is 514 g/mol.